The second-order valence-corrected chi connectivity index (χ2v) is 5.03. The number of aromatic nitrogens is 1. The summed E-state index contributed by atoms with van der Waals surface area (Å²) in [6.45, 7) is 1.80. The zero-order valence-electron chi connectivity index (χ0n) is 9.58. The van der Waals surface area contributed by atoms with E-state index in [1.807, 2.05) is 6.07 Å². The summed E-state index contributed by atoms with van der Waals surface area (Å²) < 4.78 is 0.733. The van der Waals surface area contributed by atoms with E-state index in [9.17, 15) is 4.79 Å². The van der Waals surface area contributed by atoms with Gasteiger partial charge in [-0.15, -0.1) is 0 Å². The predicted octanol–water partition coefficient (Wildman–Crippen LogP) is 1.72. The van der Waals surface area contributed by atoms with Gasteiger partial charge in [0.05, 0.1) is 0 Å². The fourth-order valence-electron chi connectivity index (χ4n) is 2.00. The van der Waals surface area contributed by atoms with Crippen molar-refractivity contribution in [1.82, 2.24) is 15.6 Å². The highest BCUT2D eigenvalue weighted by molar-refractivity contribution is 9.10. The first-order valence-electron chi connectivity index (χ1n) is 5.89. The highest BCUT2D eigenvalue weighted by Gasteiger charge is 2.15. The van der Waals surface area contributed by atoms with Crippen LogP contribution in [0.15, 0.2) is 22.8 Å². The number of carbonyl (C=O) groups is 1. The van der Waals surface area contributed by atoms with E-state index in [0.717, 1.165) is 17.4 Å². The van der Waals surface area contributed by atoms with Gasteiger partial charge in [-0.3, -0.25) is 4.79 Å². The molecule has 0 bridgehead atoms. The molecule has 0 radical (unpaired) electrons. The van der Waals surface area contributed by atoms with Crippen molar-refractivity contribution in [3.05, 3.63) is 28.5 Å². The van der Waals surface area contributed by atoms with Crippen molar-refractivity contribution in [2.45, 2.75) is 25.3 Å². The third-order valence-corrected chi connectivity index (χ3v) is 3.55. The fraction of sp³-hybridized carbons (Fsp3) is 0.500. The maximum atomic E-state index is 11.8. The number of rotatable bonds is 4. The Morgan fingerprint density at radius 3 is 3.24 bits per heavy atom. The van der Waals surface area contributed by atoms with Crippen LogP contribution in [0, 0.1) is 0 Å². The highest BCUT2D eigenvalue weighted by atomic mass is 79.9. The number of pyridine rings is 1. The Kier molecular flexibility index (Phi) is 4.50. The molecule has 2 N–H and O–H groups in total. The van der Waals surface area contributed by atoms with Gasteiger partial charge in [-0.25, -0.2) is 4.98 Å². The molecule has 92 valence electrons. The van der Waals surface area contributed by atoms with E-state index in [0.29, 0.717) is 18.3 Å². The molecule has 0 saturated carbocycles. The molecule has 5 heteroatoms. The number of nitrogens with one attached hydrogen (secondary N) is 2. The first-order chi connectivity index (χ1) is 8.27. The summed E-state index contributed by atoms with van der Waals surface area (Å²) in [6, 6.07) is 4.17. The van der Waals surface area contributed by atoms with E-state index in [2.05, 4.69) is 31.5 Å². The van der Waals surface area contributed by atoms with Gasteiger partial charge in [0.1, 0.15) is 5.69 Å². The summed E-state index contributed by atoms with van der Waals surface area (Å²) in [5.74, 6) is -0.115. The lowest BCUT2D eigenvalue weighted by Gasteiger charge is -2.10. The first-order valence-corrected chi connectivity index (χ1v) is 6.69. The number of hydrogen-bond acceptors (Lipinski definition) is 3. The van der Waals surface area contributed by atoms with Crippen LogP contribution in [-0.2, 0) is 0 Å². The van der Waals surface area contributed by atoms with Crippen LogP contribution in [0.2, 0.25) is 0 Å². The van der Waals surface area contributed by atoms with Crippen LogP contribution in [0.1, 0.15) is 29.8 Å². The van der Waals surface area contributed by atoms with Crippen molar-refractivity contribution >= 4 is 21.8 Å². The molecule has 1 aliphatic rings. The van der Waals surface area contributed by atoms with Crippen LogP contribution in [0.5, 0.6) is 0 Å². The molecule has 2 heterocycles. The zero-order chi connectivity index (χ0) is 12.1. The van der Waals surface area contributed by atoms with Gasteiger partial charge in [-0.2, -0.15) is 0 Å². The summed E-state index contributed by atoms with van der Waals surface area (Å²) in [5, 5.41) is 6.30. The average molecular weight is 298 g/mol. The van der Waals surface area contributed by atoms with Gasteiger partial charge >= 0.3 is 0 Å². The number of hydrogen-bond donors (Lipinski definition) is 2. The molecular formula is C12H16BrN3O. The van der Waals surface area contributed by atoms with Crippen molar-refractivity contribution < 1.29 is 4.79 Å². The van der Waals surface area contributed by atoms with Crippen molar-refractivity contribution in [3.8, 4) is 0 Å². The Morgan fingerprint density at radius 1 is 1.65 bits per heavy atom. The van der Waals surface area contributed by atoms with Crippen LogP contribution >= 0.6 is 15.9 Å². The minimum atomic E-state index is -0.115. The minimum Gasteiger partial charge on any atom is -0.351 e. The van der Waals surface area contributed by atoms with Crippen molar-refractivity contribution in [2.24, 2.45) is 0 Å². The van der Waals surface area contributed by atoms with Crippen molar-refractivity contribution in [3.63, 3.8) is 0 Å². The molecule has 4 nitrogen and oxygen atoms in total. The molecule has 0 aromatic carbocycles. The molecule has 0 aliphatic carbocycles. The van der Waals surface area contributed by atoms with E-state index >= 15 is 0 Å². The highest BCUT2D eigenvalue weighted by Crippen LogP contribution is 2.13. The zero-order valence-corrected chi connectivity index (χ0v) is 11.2. The average Bonchev–Trinajstić information content (AvgIpc) is 2.82. The molecule has 1 aliphatic heterocycles. The number of amides is 1. The van der Waals surface area contributed by atoms with Gasteiger partial charge in [0.2, 0.25) is 0 Å². The number of carbonyl (C=O) groups excluding carboxylic acids is 1. The fourth-order valence-corrected chi connectivity index (χ4v) is 2.43. The van der Waals surface area contributed by atoms with Crippen LogP contribution in [0.4, 0.5) is 0 Å². The smallest absolute Gasteiger partial charge is 0.271 e. The van der Waals surface area contributed by atoms with Gasteiger partial charge < -0.3 is 10.6 Å². The monoisotopic (exact) mass is 297 g/mol. The Hall–Kier alpha value is -0.940. The summed E-state index contributed by atoms with van der Waals surface area (Å²) in [4.78, 5) is 15.9. The molecule has 1 unspecified atom stereocenters. The van der Waals surface area contributed by atoms with Crippen LogP contribution in [-0.4, -0.2) is 30.0 Å². The summed E-state index contributed by atoms with van der Waals surface area (Å²) in [7, 11) is 0. The normalized spacial score (nSPS) is 19.2. The molecule has 17 heavy (non-hydrogen) atoms. The van der Waals surface area contributed by atoms with E-state index < -0.39 is 0 Å². The second kappa shape index (κ2) is 6.12. The topological polar surface area (TPSA) is 54.0 Å². The van der Waals surface area contributed by atoms with Crippen molar-refractivity contribution in [2.75, 3.05) is 13.1 Å². The Morgan fingerprint density at radius 2 is 2.53 bits per heavy atom. The molecule has 1 fully saturated rings. The van der Waals surface area contributed by atoms with Gasteiger partial charge in [-0.05, 0) is 53.9 Å². The Bertz CT molecular complexity index is 391. The molecule has 1 aromatic rings. The molecular weight excluding hydrogens is 282 g/mol. The van der Waals surface area contributed by atoms with E-state index in [1.165, 1.54) is 12.8 Å². The molecule has 2 rings (SSSR count). The predicted molar refractivity (Wildman–Crippen MR) is 69.9 cm³/mol. The maximum absolute atomic E-state index is 11.8. The SMILES string of the molecule is O=C(NCCC1CCCN1)c1ncccc1Br. The summed E-state index contributed by atoms with van der Waals surface area (Å²) in [5.41, 5.74) is 0.451. The lowest BCUT2D eigenvalue weighted by atomic mass is 10.1. The minimum absolute atomic E-state index is 0.115. The third kappa shape index (κ3) is 3.51. The summed E-state index contributed by atoms with van der Waals surface area (Å²) in [6.07, 6.45) is 5.06. The summed E-state index contributed by atoms with van der Waals surface area (Å²) >= 11 is 3.32. The lowest BCUT2D eigenvalue weighted by molar-refractivity contribution is 0.0946. The van der Waals surface area contributed by atoms with Crippen LogP contribution < -0.4 is 10.6 Å². The van der Waals surface area contributed by atoms with E-state index in [-0.39, 0.29) is 5.91 Å². The lowest BCUT2D eigenvalue weighted by Crippen LogP contribution is -2.31. The molecule has 1 amide bonds. The van der Waals surface area contributed by atoms with Gasteiger partial charge in [0.15, 0.2) is 0 Å². The van der Waals surface area contributed by atoms with Gasteiger partial charge in [0.25, 0.3) is 5.91 Å². The number of halogens is 1. The number of nitrogens with zero attached hydrogens (tertiary/aromatic N) is 1. The van der Waals surface area contributed by atoms with Gasteiger partial charge in [-0.1, -0.05) is 0 Å². The third-order valence-electron chi connectivity index (χ3n) is 2.91. The Balaban J connectivity index is 1.79. The molecule has 1 atom stereocenters. The largest absolute Gasteiger partial charge is 0.351 e. The van der Waals surface area contributed by atoms with Crippen molar-refractivity contribution in [1.29, 1.82) is 0 Å². The maximum Gasteiger partial charge on any atom is 0.271 e. The van der Waals surface area contributed by atoms with Crippen LogP contribution in [0.3, 0.4) is 0 Å². The van der Waals surface area contributed by atoms with Crippen LogP contribution in [0.25, 0.3) is 0 Å². The van der Waals surface area contributed by atoms with E-state index in [1.54, 1.807) is 12.3 Å². The molecule has 1 saturated heterocycles. The quantitative estimate of drug-likeness (QED) is 0.890. The van der Waals surface area contributed by atoms with E-state index in [4.69, 9.17) is 0 Å². The Labute approximate surface area is 109 Å². The molecule has 0 spiro atoms. The first kappa shape index (κ1) is 12.5. The van der Waals surface area contributed by atoms with Gasteiger partial charge in [0, 0.05) is 23.3 Å². The molecule has 1 aromatic heterocycles. The standard InChI is InChI=1S/C12H16BrN3O/c13-10-4-2-7-15-11(10)12(17)16-8-5-9-3-1-6-14-9/h2,4,7,9,14H,1,3,5-6,8H2,(H,16,17). The second-order valence-electron chi connectivity index (χ2n) is 4.17.